The van der Waals surface area contributed by atoms with E-state index in [1.165, 1.54) is 6.07 Å². The Morgan fingerprint density at radius 1 is 1.54 bits per heavy atom. The predicted molar refractivity (Wildman–Crippen MR) is 61.2 cm³/mol. The molecule has 13 heavy (non-hydrogen) atoms. The highest BCUT2D eigenvalue weighted by Gasteiger charge is 2.06. The Balaban J connectivity index is 2.91. The maximum absolute atomic E-state index is 13.3. The summed E-state index contributed by atoms with van der Waals surface area (Å²) in [5, 5.41) is 0. The summed E-state index contributed by atoms with van der Waals surface area (Å²) in [7, 11) is 1.85. The topological polar surface area (TPSA) is 3.24 Å². The zero-order valence-corrected chi connectivity index (χ0v) is 9.78. The van der Waals surface area contributed by atoms with Gasteiger partial charge in [-0.1, -0.05) is 15.9 Å². The molecule has 0 bridgehead atoms. The van der Waals surface area contributed by atoms with Crippen molar-refractivity contribution >= 4 is 34.2 Å². The molecule has 0 saturated carbocycles. The summed E-state index contributed by atoms with van der Waals surface area (Å²) in [6, 6.07) is 4.90. The van der Waals surface area contributed by atoms with E-state index in [1.54, 1.807) is 12.1 Å². The third-order valence-electron chi connectivity index (χ3n) is 1.75. The minimum atomic E-state index is -0.201. The van der Waals surface area contributed by atoms with Crippen molar-refractivity contribution < 1.29 is 4.39 Å². The third kappa shape index (κ3) is 2.88. The Bertz CT molecular complexity index is 293. The van der Waals surface area contributed by atoms with Crippen LogP contribution in [0.25, 0.3) is 0 Å². The van der Waals surface area contributed by atoms with E-state index >= 15 is 0 Å². The maximum atomic E-state index is 13.3. The molecule has 0 unspecified atom stereocenters. The monoisotopic (exact) mass is 263 g/mol. The largest absolute Gasteiger partial charge is 0.371 e. The van der Waals surface area contributed by atoms with E-state index in [9.17, 15) is 4.39 Å². The number of thiol groups is 1. The molecule has 4 heteroatoms. The van der Waals surface area contributed by atoms with Crippen molar-refractivity contribution in [3.05, 3.63) is 28.5 Å². The third-order valence-corrected chi connectivity index (χ3v) is 2.45. The summed E-state index contributed by atoms with van der Waals surface area (Å²) in [5.74, 6) is 0.509. The number of hydrogen-bond donors (Lipinski definition) is 1. The highest BCUT2D eigenvalue weighted by Crippen LogP contribution is 2.22. The van der Waals surface area contributed by atoms with E-state index in [4.69, 9.17) is 0 Å². The average molecular weight is 264 g/mol. The molecule has 0 aliphatic carbocycles. The van der Waals surface area contributed by atoms with Crippen LogP contribution in [0.4, 0.5) is 10.1 Å². The van der Waals surface area contributed by atoms with Crippen LogP contribution in [0.2, 0.25) is 0 Å². The molecule has 0 saturated heterocycles. The fraction of sp³-hybridized carbons (Fsp3) is 0.333. The second kappa shape index (κ2) is 4.86. The molecule has 0 fully saturated rings. The standard InChI is InChI=1S/C9H11BrFNS/c1-12(4-5-13)9-6-7(10)2-3-8(9)11/h2-3,6,13H,4-5H2,1H3. The highest BCUT2D eigenvalue weighted by molar-refractivity contribution is 9.10. The van der Waals surface area contributed by atoms with Crippen molar-refractivity contribution in [3.8, 4) is 0 Å². The zero-order chi connectivity index (χ0) is 9.84. The Hall–Kier alpha value is -0.220. The van der Waals surface area contributed by atoms with Gasteiger partial charge in [-0.2, -0.15) is 12.6 Å². The van der Waals surface area contributed by atoms with Crippen LogP contribution in [-0.2, 0) is 0 Å². The van der Waals surface area contributed by atoms with E-state index in [-0.39, 0.29) is 5.82 Å². The smallest absolute Gasteiger partial charge is 0.146 e. The summed E-state index contributed by atoms with van der Waals surface area (Å²) in [5.41, 5.74) is 0.600. The molecular weight excluding hydrogens is 253 g/mol. The highest BCUT2D eigenvalue weighted by atomic mass is 79.9. The fourth-order valence-corrected chi connectivity index (χ4v) is 1.70. The van der Waals surface area contributed by atoms with Gasteiger partial charge >= 0.3 is 0 Å². The van der Waals surface area contributed by atoms with Crippen LogP contribution in [0.1, 0.15) is 0 Å². The lowest BCUT2D eigenvalue weighted by molar-refractivity contribution is 0.623. The Morgan fingerprint density at radius 2 is 2.23 bits per heavy atom. The van der Waals surface area contributed by atoms with Gasteiger partial charge in [-0.25, -0.2) is 4.39 Å². The summed E-state index contributed by atoms with van der Waals surface area (Å²) >= 11 is 7.40. The Morgan fingerprint density at radius 3 is 2.85 bits per heavy atom. The van der Waals surface area contributed by atoms with Gasteiger partial charge < -0.3 is 4.90 Å². The van der Waals surface area contributed by atoms with Gasteiger partial charge in [-0.3, -0.25) is 0 Å². The summed E-state index contributed by atoms with van der Waals surface area (Å²) in [4.78, 5) is 1.84. The molecule has 0 aromatic heterocycles. The van der Waals surface area contributed by atoms with Gasteiger partial charge in [-0.15, -0.1) is 0 Å². The van der Waals surface area contributed by atoms with Gasteiger partial charge in [-0.05, 0) is 18.2 Å². The lowest BCUT2D eigenvalue weighted by Crippen LogP contribution is -2.20. The number of rotatable bonds is 3. The predicted octanol–water partition coefficient (Wildman–Crippen LogP) is 2.95. The van der Waals surface area contributed by atoms with Crippen molar-refractivity contribution in [3.63, 3.8) is 0 Å². The van der Waals surface area contributed by atoms with Crippen LogP contribution >= 0.6 is 28.6 Å². The Kier molecular flexibility index (Phi) is 4.06. The maximum Gasteiger partial charge on any atom is 0.146 e. The molecule has 0 N–H and O–H groups in total. The molecule has 0 amide bonds. The van der Waals surface area contributed by atoms with Crippen LogP contribution in [0, 0.1) is 5.82 Å². The average Bonchev–Trinajstić information content (AvgIpc) is 2.09. The molecule has 0 radical (unpaired) electrons. The summed E-state index contributed by atoms with van der Waals surface area (Å²) in [6.45, 7) is 0.733. The number of benzene rings is 1. The minimum Gasteiger partial charge on any atom is -0.371 e. The van der Waals surface area contributed by atoms with Gasteiger partial charge in [0.2, 0.25) is 0 Å². The summed E-state index contributed by atoms with van der Waals surface area (Å²) in [6.07, 6.45) is 0. The lowest BCUT2D eigenvalue weighted by atomic mass is 10.3. The lowest BCUT2D eigenvalue weighted by Gasteiger charge is -2.18. The molecule has 0 aliphatic heterocycles. The fourth-order valence-electron chi connectivity index (χ4n) is 1.05. The van der Waals surface area contributed by atoms with Gasteiger partial charge in [0.05, 0.1) is 5.69 Å². The van der Waals surface area contributed by atoms with Crippen molar-refractivity contribution in [2.24, 2.45) is 0 Å². The second-order valence-corrected chi connectivity index (χ2v) is 4.10. The van der Waals surface area contributed by atoms with Crippen LogP contribution in [0.3, 0.4) is 0 Å². The molecule has 0 aliphatic rings. The summed E-state index contributed by atoms with van der Waals surface area (Å²) < 4.78 is 14.1. The van der Waals surface area contributed by atoms with Crippen LogP contribution in [0.5, 0.6) is 0 Å². The van der Waals surface area contributed by atoms with E-state index in [0.717, 1.165) is 11.0 Å². The molecule has 1 aromatic carbocycles. The quantitative estimate of drug-likeness (QED) is 0.821. The van der Waals surface area contributed by atoms with E-state index in [1.807, 2.05) is 11.9 Å². The van der Waals surface area contributed by atoms with Crippen molar-refractivity contribution in [1.29, 1.82) is 0 Å². The first-order valence-corrected chi connectivity index (χ1v) is 5.34. The van der Waals surface area contributed by atoms with E-state index in [0.29, 0.717) is 11.4 Å². The first-order valence-electron chi connectivity index (χ1n) is 3.92. The molecular formula is C9H11BrFNS. The van der Waals surface area contributed by atoms with Gasteiger partial charge in [0, 0.05) is 23.8 Å². The number of halogens is 2. The van der Waals surface area contributed by atoms with E-state index in [2.05, 4.69) is 28.6 Å². The molecule has 0 heterocycles. The molecule has 1 rings (SSSR count). The minimum absolute atomic E-state index is 0.201. The van der Waals surface area contributed by atoms with Crippen LogP contribution in [-0.4, -0.2) is 19.3 Å². The van der Waals surface area contributed by atoms with Crippen LogP contribution < -0.4 is 4.90 Å². The first kappa shape index (κ1) is 10.9. The molecule has 0 atom stereocenters. The van der Waals surface area contributed by atoms with Gasteiger partial charge in [0.25, 0.3) is 0 Å². The molecule has 72 valence electrons. The van der Waals surface area contributed by atoms with Crippen molar-refractivity contribution in [1.82, 2.24) is 0 Å². The first-order chi connectivity index (χ1) is 6.15. The SMILES string of the molecule is CN(CCS)c1cc(Br)ccc1F. The van der Waals surface area contributed by atoms with Crippen molar-refractivity contribution in [2.45, 2.75) is 0 Å². The van der Waals surface area contributed by atoms with Crippen LogP contribution in [0.15, 0.2) is 22.7 Å². The molecule has 1 nitrogen and oxygen atoms in total. The second-order valence-electron chi connectivity index (χ2n) is 2.74. The molecule has 0 spiro atoms. The van der Waals surface area contributed by atoms with E-state index < -0.39 is 0 Å². The normalized spacial score (nSPS) is 10.2. The molecule has 1 aromatic rings. The Labute approximate surface area is 91.5 Å². The van der Waals surface area contributed by atoms with Crippen molar-refractivity contribution in [2.75, 3.05) is 24.2 Å². The number of anilines is 1. The van der Waals surface area contributed by atoms with Gasteiger partial charge in [0.15, 0.2) is 0 Å². The number of nitrogens with zero attached hydrogens (tertiary/aromatic N) is 1. The van der Waals surface area contributed by atoms with Gasteiger partial charge in [0.1, 0.15) is 5.82 Å². The number of hydrogen-bond acceptors (Lipinski definition) is 2. The zero-order valence-electron chi connectivity index (χ0n) is 7.30.